The quantitative estimate of drug-likeness (QED) is 0.0778. The molecule has 0 amide bonds. The van der Waals surface area contributed by atoms with E-state index in [-0.39, 0.29) is 0 Å². The molecule has 5 heteroatoms. The van der Waals surface area contributed by atoms with Crippen LogP contribution in [0.2, 0.25) is 0 Å². The summed E-state index contributed by atoms with van der Waals surface area (Å²) < 4.78 is 9.96. The highest BCUT2D eigenvalue weighted by Crippen LogP contribution is 2.83. The number of rotatable bonds is 18. The lowest BCUT2D eigenvalue weighted by atomic mass is 10.4. The Morgan fingerprint density at radius 1 is 0.139 bits per heavy atom. The van der Waals surface area contributed by atoms with Crippen molar-refractivity contribution in [3.05, 3.63) is 364 Å². The SMILES string of the molecule is c1ccc([P+](c2ccccc2)(c2ccccc2)C(OC([P+](c2ccccc2)(c2ccccc2)c2ccccc2)[P+](c2ccccc2)(c2ccccc2)c2ccccc2)[P+](c2ccccc2)(c2ccccc2)c2ccccc2)cc1. The van der Waals surface area contributed by atoms with E-state index < -0.39 is 40.2 Å². The van der Waals surface area contributed by atoms with Gasteiger partial charge in [-0.15, -0.1) is 0 Å². The lowest BCUT2D eigenvalue weighted by molar-refractivity contribution is 0.180. The van der Waals surface area contributed by atoms with Gasteiger partial charge in [0.05, 0.1) is 0 Å². The molecule has 79 heavy (non-hydrogen) atoms. The van der Waals surface area contributed by atoms with Gasteiger partial charge in [-0.25, -0.2) is 4.74 Å². The summed E-state index contributed by atoms with van der Waals surface area (Å²) in [6.45, 7) is 0. The Hall–Kier alpha value is -7.68. The predicted octanol–water partition coefficient (Wildman–Crippen LogP) is 13.5. The minimum absolute atomic E-state index is 0.560. The normalized spacial score (nSPS) is 12.1. The molecule has 380 valence electrons. The van der Waals surface area contributed by atoms with E-state index in [0.29, 0.717) is 0 Å². The Labute approximate surface area is 469 Å². The fourth-order valence-electron chi connectivity index (χ4n) is 12.3. The molecule has 0 aliphatic carbocycles. The van der Waals surface area contributed by atoms with Gasteiger partial charge in [0.2, 0.25) is 0 Å². The molecule has 0 heterocycles. The van der Waals surface area contributed by atoms with E-state index in [9.17, 15) is 4.74 Å². The van der Waals surface area contributed by atoms with Crippen molar-refractivity contribution in [2.45, 2.75) is 11.2 Å². The van der Waals surface area contributed by atoms with E-state index in [1.807, 2.05) is 0 Å². The van der Waals surface area contributed by atoms with Crippen molar-refractivity contribution in [1.29, 1.82) is 0 Å². The first-order valence-corrected chi connectivity index (χ1v) is 34.5. The van der Waals surface area contributed by atoms with E-state index in [1.54, 1.807) is 0 Å². The van der Waals surface area contributed by atoms with E-state index in [2.05, 4.69) is 364 Å². The Bertz CT molecular complexity index is 2880. The van der Waals surface area contributed by atoms with Crippen LogP contribution in [0.25, 0.3) is 0 Å². The van der Waals surface area contributed by atoms with Crippen molar-refractivity contribution >= 4 is 92.7 Å². The summed E-state index contributed by atoms with van der Waals surface area (Å²) in [5, 5.41) is 15.1. The van der Waals surface area contributed by atoms with Crippen LogP contribution in [0.3, 0.4) is 0 Å². The van der Waals surface area contributed by atoms with Crippen LogP contribution in [0, 0.1) is 0 Å². The minimum atomic E-state index is -3.16. The molecule has 0 spiro atoms. The summed E-state index contributed by atoms with van der Waals surface area (Å²) in [5.41, 5.74) is -1.12. The average molecular weight is 1090 g/mol. The third-order valence-corrected chi connectivity index (χ3v) is 36.2. The Balaban J connectivity index is 1.40. The molecule has 1 nitrogen and oxygen atoms in total. The lowest BCUT2D eigenvalue weighted by Gasteiger charge is -2.45. The first-order valence-electron chi connectivity index (χ1n) is 27.1. The average Bonchev–Trinajstić information content (AvgIpc) is 3.69. The van der Waals surface area contributed by atoms with Gasteiger partial charge in [0, 0.05) is 0 Å². The number of benzene rings is 12. The van der Waals surface area contributed by atoms with Gasteiger partial charge in [-0.3, -0.25) is 0 Å². The van der Waals surface area contributed by atoms with Gasteiger partial charge in [0.15, 0.2) is 29.0 Å². The topological polar surface area (TPSA) is 9.23 Å². The summed E-state index contributed by atoms with van der Waals surface area (Å²) in [6, 6.07) is 138. The zero-order valence-electron chi connectivity index (χ0n) is 44.0. The van der Waals surface area contributed by atoms with Crippen molar-refractivity contribution in [2.75, 3.05) is 0 Å². The van der Waals surface area contributed by atoms with Crippen LogP contribution in [0.5, 0.6) is 0 Å². The lowest BCUT2D eigenvalue weighted by Crippen LogP contribution is -2.54. The molecule has 0 saturated carbocycles. The predicted molar refractivity (Wildman–Crippen MR) is 349 cm³/mol. The molecule has 12 aromatic carbocycles. The minimum Gasteiger partial charge on any atom is -0.237 e. The van der Waals surface area contributed by atoms with Crippen molar-refractivity contribution in [3.63, 3.8) is 0 Å². The van der Waals surface area contributed by atoms with Crippen LogP contribution in [0.1, 0.15) is 0 Å². The monoisotopic (exact) mass is 1090 g/mol. The third kappa shape index (κ3) is 9.26. The highest BCUT2D eigenvalue weighted by atomic mass is 31.2. The fourth-order valence-corrected chi connectivity index (χ4v) is 37.2. The molecule has 0 fully saturated rings. The fraction of sp³-hybridized carbons (Fsp3) is 0.0270. The molecule has 0 aliphatic rings. The number of hydrogen-bond donors (Lipinski definition) is 0. The van der Waals surface area contributed by atoms with Crippen molar-refractivity contribution in [3.8, 4) is 0 Å². The van der Waals surface area contributed by atoms with Crippen molar-refractivity contribution in [2.24, 2.45) is 0 Å². The maximum absolute atomic E-state index is 9.96. The maximum Gasteiger partial charge on any atom is 0.302 e. The molecule has 0 atom stereocenters. The molecule has 0 aliphatic heterocycles. The van der Waals surface area contributed by atoms with E-state index in [4.69, 9.17) is 0 Å². The van der Waals surface area contributed by atoms with E-state index in [1.165, 1.54) is 63.7 Å². The summed E-state index contributed by atoms with van der Waals surface area (Å²) in [4.78, 5) is 0. The molecular weight excluding hydrogens is 1030 g/mol. The molecule has 0 radical (unpaired) electrons. The molecule has 0 N–H and O–H groups in total. The van der Waals surface area contributed by atoms with Crippen LogP contribution in [-0.4, -0.2) is 11.2 Å². The molecule has 0 aromatic heterocycles. The second-order valence-corrected chi connectivity index (χ2v) is 34.4. The second-order valence-electron chi connectivity index (χ2n) is 19.7. The van der Waals surface area contributed by atoms with Crippen LogP contribution in [-0.2, 0) is 4.74 Å². The molecule has 12 rings (SSSR count). The van der Waals surface area contributed by atoms with Gasteiger partial charge >= 0.3 is 11.2 Å². The maximum atomic E-state index is 9.96. The summed E-state index contributed by atoms with van der Waals surface area (Å²) in [5.74, 6) is 0. The van der Waals surface area contributed by atoms with Gasteiger partial charge < -0.3 is 0 Å². The molecule has 0 saturated heterocycles. The molecule has 0 unspecified atom stereocenters. The molecule has 0 bridgehead atoms. The first kappa shape index (κ1) is 52.0. The summed E-state index contributed by atoms with van der Waals surface area (Å²) in [7, 11) is -12.6. The van der Waals surface area contributed by atoms with E-state index in [0.717, 1.165) is 0 Å². The Morgan fingerprint density at radius 3 is 0.316 bits per heavy atom. The largest absolute Gasteiger partial charge is 0.302 e. The van der Waals surface area contributed by atoms with Crippen LogP contribution < -0.4 is 63.7 Å². The summed E-state index contributed by atoms with van der Waals surface area (Å²) in [6.07, 6.45) is 0. The highest BCUT2D eigenvalue weighted by Gasteiger charge is 2.77. The first-order chi connectivity index (χ1) is 39.2. The van der Waals surface area contributed by atoms with Gasteiger partial charge in [-0.05, 0) is 146 Å². The van der Waals surface area contributed by atoms with Gasteiger partial charge in [0.25, 0.3) is 0 Å². The molecular formula is C74H62OP4+4. The third-order valence-electron chi connectivity index (χ3n) is 15.5. The van der Waals surface area contributed by atoms with Crippen LogP contribution >= 0.6 is 29.0 Å². The van der Waals surface area contributed by atoms with Crippen molar-refractivity contribution in [1.82, 2.24) is 0 Å². The van der Waals surface area contributed by atoms with E-state index >= 15 is 0 Å². The van der Waals surface area contributed by atoms with Crippen LogP contribution in [0.15, 0.2) is 364 Å². The number of ether oxygens (including phenoxy) is 1. The van der Waals surface area contributed by atoms with Crippen LogP contribution in [0.4, 0.5) is 0 Å². The van der Waals surface area contributed by atoms with Gasteiger partial charge in [0.1, 0.15) is 63.7 Å². The zero-order valence-corrected chi connectivity index (χ0v) is 47.6. The van der Waals surface area contributed by atoms with Gasteiger partial charge in [-0.1, -0.05) is 218 Å². The molecule has 12 aromatic rings. The standard InChI is InChI=1S/C74H62OP4/c1-13-37-61(38-14-1)76(62-39-15-2-16-40-62,63-41-17-3-18-42-63)73(77(64-43-19-4-20-44-64,65-45-21-5-22-46-65)66-47-23-6-24-48-66)75-74(78(67-49-25-7-26-50-67,68-51-27-8-28-52-68)69-53-29-9-30-54-69)79(70-55-31-10-32-56-70,71-57-33-11-34-58-71)72-59-35-12-36-60-72/h1-60,73-74H/q+4. The Kier molecular flexibility index (Phi) is 15.6. The van der Waals surface area contributed by atoms with Gasteiger partial charge in [-0.2, -0.15) is 0 Å². The highest BCUT2D eigenvalue weighted by molar-refractivity contribution is 8.12. The van der Waals surface area contributed by atoms with Crippen molar-refractivity contribution < 1.29 is 4.74 Å². The second kappa shape index (κ2) is 23.7. The number of hydrogen-bond acceptors (Lipinski definition) is 1. The smallest absolute Gasteiger partial charge is 0.237 e. The summed E-state index contributed by atoms with van der Waals surface area (Å²) >= 11 is 0. The zero-order chi connectivity index (χ0) is 53.2. The Morgan fingerprint density at radius 2 is 0.228 bits per heavy atom.